The number of fused-ring (bicyclic) bond motifs is 1. The number of benzene rings is 1. The summed E-state index contributed by atoms with van der Waals surface area (Å²) in [6, 6.07) is 5.41. The van der Waals surface area contributed by atoms with E-state index >= 15 is 0 Å². The zero-order chi connectivity index (χ0) is 12.7. The molecule has 3 rings (SSSR count). The molecule has 2 N–H and O–H groups in total. The van der Waals surface area contributed by atoms with Gasteiger partial charge in [0.2, 0.25) is 11.8 Å². The highest BCUT2D eigenvalue weighted by Gasteiger charge is 2.12. The second kappa shape index (κ2) is 3.99. The van der Waals surface area contributed by atoms with Gasteiger partial charge in [0.1, 0.15) is 6.54 Å². The standard InChI is InChI=1S/C11H10ClN5O/c1-6-14-10(18-16-6)5-17-9-4-7(12)2-3-8(9)15-11(17)13/h2-4H,5H2,1H3,(H2,13,15). The van der Waals surface area contributed by atoms with Crippen molar-refractivity contribution in [2.75, 3.05) is 5.73 Å². The van der Waals surface area contributed by atoms with Crippen LogP contribution >= 0.6 is 11.6 Å². The first-order valence-electron chi connectivity index (χ1n) is 5.34. The number of rotatable bonds is 2. The van der Waals surface area contributed by atoms with Crippen LogP contribution in [0.3, 0.4) is 0 Å². The molecule has 0 fully saturated rings. The van der Waals surface area contributed by atoms with Crippen LogP contribution in [0, 0.1) is 6.92 Å². The molecule has 7 heteroatoms. The normalized spacial score (nSPS) is 11.2. The highest BCUT2D eigenvalue weighted by Crippen LogP contribution is 2.22. The SMILES string of the molecule is Cc1noc(Cn2c(N)nc3ccc(Cl)cc32)n1. The van der Waals surface area contributed by atoms with Gasteiger partial charge in [-0.15, -0.1) is 0 Å². The first kappa shape index (κ1) is 11.0. The monoisotopic (exact) mass is 263 g/mol. The lowest BCUT2D eigenvalue weighted by Gasteiger charge is -2.02. The Morgan fingerprint density at radius 1 is 1.39 bits per heavy atom. The molecule has 0 radical (unpaired) electrons. The van der Waals surface area contributed by atoms with Gasteiger partial charge in [-0.3, -0.25) is 0 Å². The smallest absolute Gasteiger partial charge is 0.246 e. The second-order valence-electron chi connectivity index (χ2n) is 3.92. The summed E-state index contributed by atoms with van der Waals surface area (Å²) in [4.78, 5) is 8.39. The largest absolute Gasteiger partial charge is 0.369 e. The van der Waals surface area contributed by atoms with E-state index < -0.39 is 0 Å². The predicted molar refractivity (Wildman–Crippen MR) is 67.3 cm³/mol. The van der Waals surface area contributed by atoms with Crippen LogP contribution in [0.2, 0.25) is 5.02 Å². The third-order valence-corrected chi connectivity index (χ3v) is 2.84. The molecule has 0 aliphatic carbocycles. The van der Waals surface area contributed by atoms with Crippen LogP contribution < -0.4 is 5.73 Å². The van der Waals surface area contributed by atoms with Gasteiger partial charge >= 0.3 is 0 Å². The lowest BCUT2D eigenvalue weighted by Crippen LogP contribution is -2.04. The highest BCUT2D eigenvalue weighted by atomic mass is 35.5. The summed E-state index contributed by atoms with van der Waals surface area (Å²) in [5.41, 5.74) is 7.51. The van der Waals surface area contributed by atoms with Gasteiger partial charge in [0.25, 0.3) is 0 Å². The topological polar surface area (TPSA) is 82.8 Å². The van der Waals surface area contributed by atoms with Crippen LogP contribution in [0.1, 0.15) is 11.7 Å². The fourth-order valence-electron chi connectivity index (χ4n) is 1.82. The van der Waals surface area contributed by atoms with E-state index in [0.29, 0.717) is 29.2 Å². The van der Waals surface area contributed by atoms with E-state index in [1.165, 1.54) is 0 Å². The number of anilines is 1. The molecule has 0 aliphatic rings. The number of imidazole rings is 1. The van der Waals surface area contributed by atoms with Gasteiger partial charge in [0.05, 0.1) is 11.0 Å². The Balaban J connectivity index is 2.10. The van der Waals surface area contributed by atoms with Crippen molar-refractivity contribution in [3.8, 4) is 0 Å². The first-order valence-corrected chi connectivity index (χ1v) is 5.72. The van der Waals surface area contributed by atoms with Crippen LogP contribution in [0.4, 0.5) is 5.95 Å². The molecule has 3 aromatic rings. The average Bonchev–Trinajstić information content (AvgIpc) is 2.86. The lowest BCUT2D eigenvalue weighted by molar-refractivity contribution is 0.369. The third-order valence-electron chi connectivity index (χ3n) is 2.60. The van der Waals surface area contributed by atoms with Gasteiger partial charge in [-0.25, -0.2) is 4.98 Å². The molecule has 92 valence electrons. The Labute approximate surface area is 107 Å². The molecule has 0 spiro atoms. The molecule has 1 aromatic carbocycles. The van der Waals surface area contributed by atoms with Crippen molar-refractivity contribution in [3.63, 3.8) is 0 Å². The van der Waals surface area contributed by atoms with Crippen molar-refractivity contribution in [3.05, 3.63) is 34.9 Å². The zero-order valence-corrected chi connectivity index (χ0v) is 10.3. The molecule has 0 atom stereocenters. The van der Waals surface area contributed by atoms with Gasteiger partial charge in [0.15, 0.2) is 5.82 Å². The fourth-order valence-corrected chi connectivity index (χ4v) is 1.99. The summed E-state index contributed by atoms with van der Waals surface area (Å²) in [5, 5.41) is 4.37. The zero-order valence-electron chi connectivity index (χ0n) is 9.59. The summed E-state index contributed by atoms with van der Waals surface area (Å²) < 4.78 is 6.86. The van der Waals surface area contributed by atoms with Crippen LogP contribution in [0.5, 0.6) is 0 Å². The molecule has 0 saturated heterocycles. The summed E-state index contributed by atoms with van der Waals surface area (Å²) >= 11 is 5.97. The summed E-state index contributed by atoms with van der Waals surface area (Å²) in [7, 11) is 0. The van der Waals surface area contributed by atoms with Crippen LogP contribution in [0.15, 0.2) is 22.7 Å². The number of nitrogens with two attached hydrogens (primary N) is 1. The van der Waals surface area contributed by atoms with Gasteiger partial charge in [0, 0.05) is 5.02 Å². The molecular weight excluding hydrogens is 254 g/mol. The van der Waals surface area contributed by atoms with E-state index in [9.17, 15) is 0 Å². The second-order valence-corrected chi connectivity index (χ2v) is 4.36. The predicted octanol–water partition coefficient (Wildman–Crippen LogP) is 2.01. The fraction of sp³-hybridized carbons (Fsp3) is 0.182. The Morgan fingerprint density at radius 3 is 2.94 bits per heavy atom. The Bertz CT molecular complexity index is 717. The van der Waals surface area contributed by atoms with Crippen molar-refractivity contribution < 1.29 is 4.52 Å². The van der Waals surface area contributed by atoms with Gasteiger partial charge in [-0.05, 0) is 25.1 Å². The molecule has 0 saturated carbocycles. The molecule has 0 aliphatic heterocycles. The summed E-state index contributed by atoms with van der Waals surface area (Å²) in [5.74, 6) is 1.47. The average molecular weight is 264 g/mol. The third kappa shape index (κ3) is 1.80. The molecule has 6 nitrogen and oxygen atoms in total. The number of aromatic nitrogens is 4. The van der Waals surface area contributed by atoms with E-state index in [-0.39, 0.29) is 0 Å². The Kier molecular flexibility index (Phi) is 2.45. The van der Waals surface area contributed by atoms with Crippen molar-refractivity contribution in [1.29, 1.82) is 0 Å². The van der Waals surface area contributed by atoms with Gasteiger partial charge < -0.3 is 14.8 Å². The van der Waals surface area contributed by atoms with E-state index in [4.69, 9.17) is 21.9 Å². The number of aryl methyl sites for hydroxylation is 1. The minimum atomic E-state index is 0.378. The van der Waals surface area contributed by atoms with Crippen molar-refractivity contribution >= 4 is 28.6 Å². The number of nitrogen functional groups attached to an aromatic ring is 1. The van der Waals surface area contributed by atoms with Crippen LogP contribution in [-0.2, 0) is 6.54 Å². The molecule has 18 heavy (non-hydrogen) atoms. The minimum absolute atomic E-state index is 0.378. The number of nitrogens with zero attached hydrogens (tertiary/aromatic N) is 4. The lowest BCUT2D eigenvalue weighted by atomic mass is 10.3. The quantitative estimate of drug-likeness (QED) is 0.765. The van der Waals surface area contributed by atoms with Gasteiger partial charge in [-0.1, -0.05) is 16.8 Å². The maximum atomic E-state index is 5.97. The molecule has 2 heterocycles. The number of hydrogen-bond acceptors (Lipinski definition) is 5. The summed E-state index contributed by atoms with van der Waals surface area (Å²) in [6.45, 7) is 2.14. The molecular formula is C11H10ClN5O. The van der Waals surface area contributed by atoms with Crippen molar-refractivity contribution in [2.24, 2.45) is 0 Å². The van der Waals surface area contributed by atoms with Crippen molar-refractivity contribution in [2.45, 2.75) is 13.5 Å². The molecule has 0 unspecified atom stereocenters. The molecule has 0 bridgehead atoms. The van der Waals surface area contributed by atoms with E-state index in [0.717, 1.165) is 11.0 Å². The highest BCUT2D eigenvalue weighted by molar-refractivity contribution is 6.31. The maximum Gasteiger partial charge on any atom is 0.246 e. The summed E-state index contributed by atoms with van der Waals surface area (Å²) in [6.07, 6.45) is 0. The minimum Gasteiger partial charge on any atom is -0.369 e. The number of hydrogen-bond donors (Lipinski definition) is 1. The van der Waals surface area contributed by atoms with E-state index in [2.05, 4.69) is 15.1 Å². The Hall–Kier alpha value is -2.08. The molecule has 0 amide bonds. The maximum absolute atomic E-state index is 5.97. The van der Waals surface area contributed by atoms with E-state index in [1.807, 2.05) is 12.1 Å². The molecule has 2 aromatic heterocycles. The number of halogens is 1. The Morgan fingerprint density at radius 2 is 2.22 bits per heavy atom. The van der Waals surface area contributed by atoms with Crippen LogP contribution in [0.25, 0.3) is 11.0 Å². The van der Waals surface area contributed by atoms with Gasteiger partial charge in [-0.2, -0.15) is 4.98 Å². The van der Waals surface area contributed by atoms with E-state index in [1.54, 1.807) is 17.6 Å². The van der Waals surface area contributed by atoms with Crippen LogP contribution in [-0.4, -0.2) is 19.7 Å². The van der Waals surface area contributed by atoms with Crippen molar-refractivity contribution in [1.82, 2.24) is 19.7 Å². The first-order chi connectivity index (χ1) is 8.63.